The lowest BCUT2D eigenvalue weighted by atomic mass is 10.2. The summed E-state index contributed by atoms with van der Waals surface area (Å²) in [5.74, 6) is 0. The Labute approximate surface area is 86.2 Å². The predicted octanol–water partition coefficient (Wildman–Crippen LogP) is 2.62. The van der Waals surface area contributed by atoms with Crippen molar-refractivity contribution in [3.8, 4) is 0 Å². The second-order valence-corrected chi connectivity index (χ2v) is 4.01. The quantitative estimate of drug-likeness (QED) is 0.584. The van der Waals surface area contributed by atoms with Crippen LogP contribution < -0.4 is 0 Å². The Morgan fingerprint density at radius 3 is 2.42 bits per heavy atom. The van der Waals surface area contributed by atoms with E-state index in [2.05, 4.69) is 24.3 Å². The fourth-order valence-corrected chi connectivity index (χ4v) is 1.39. The van der Waals surface area contributed by atoms with E-state index < -0.39 is 0 Å². The molecule has 0 atom stereocenters. The highest BCUT2D eigenvalue weighted by Crippen LogP contribution is 2.13. The molecule has 4 heteroatoms. The Hall–Kier alpha value is -0.0600. The van der Waals surface area contributed by atoms with Gasteiger partial charge in [-0.05, 0) is 28.5 Å². The van der Waals surface area contributed by atoms with Crippen LogP contribution in [-0.4, -0.2) is 5.12 Å². The average molecular weight is 216 g/mol. The highest BCUT2D eigenvalue weighted by molar-refractivity contribution is 8.74. The summed E-state index contributed by atoms with van der Waals surface area (Å²) in [6, 6.07) is 7.53. The molecule has 0 saturated heterocycles. The van der Waals surface area contributed by atoms with E-state index in [-0.39, 0.29) is 5.12 Å². The molecule has 0 aliphatic heterocycles. The van der Waals surface area contributed by atoms with Gasteiger partial charge in [0.1, 0.15) is 0 Å². The Balaban J connectivity index is 2.64. The van der Waals surface area contributed by atoms with Crippen molar-refractivity contribution >= 4 is 40.2 Å². The molecule has 1 aromatic rings. The third-order valence-electron chi connectivity index (χ3n) is 1.39. The van der Waals surface area contributed by atoms with Crippen LogP contribution in [-0.2, 0) is 11.2 Å². The maximum atomic E-state index is 10.9. The van der Waals surface area contributed by atoms with Crippen molar-refractivity contribution in [1.82, 2.24) is 0 Å². The van der Waals surface area contributed by atoms with Crippen LogP contribution in [0.25, 0.3) is 0 Å². The normalized spacial score (nSPS) is 9.83. The van der Waals surface area contributed by atoms with Crippen LogP contribution in [0.15, 0.2) is 29.2 Å². The van der Waals surface area contributed by atoms with Crippen LogP contribution >= 0.6 is 35.1 Å². The average Bonchev–Trinajstić information content (AvgIpc) is 2.09. The lowest BCUT2D eigenvalue weighted by Gasteiger charge is -1.97. The smallest absolute Gasteiger partial charge is 0.203 e. The molecule has 0 heterocycles. The number of benzene rings is 1. The van der Waals surface area contributed by atoms with Crippen molar-refractivity contribution in [2.24, 2.45) is 0 Å². The third-order valence-corrected chi connectivity index (χ3v) is 2.64. The van der Waals surface area contributed by atoms with Gasteiger partial charge in [-0.1, -0.05) is 12.1 Å². The van der Waals surface area contributed by atoms with E-state index in [1.807, 2.05) is 24.3 Å². The monoisotopic (exact) mass is 216 g/mol. The van der Waals surface area contributed by atoms with Crippen LogP contribution in [0.5, 0.6) is 0 Å². The number of carbonyl (C=O) groups is 1. The van der Waals surface area contributed by atoms with E-state index in [0.29, 0.717) is 6.42 Å². The van der Waals surface area contributed by atoms with Crippen molar-refractivity contribution in [3.05, 3.63) is 29.8 Å². The van der Waals surface area contributed by atoms with Crippen molar-refractivity contribution in [1.29, 1.82) is 0 Å². The summed E-state index contributed by atoms with van der Waals surface area (Å²) in [6.07, 6.45) is 0.433. The first-order valence-corrected chi connectivity index (χ1v) is 5.66. The second kappa shape index (κ2) is 4.84. The maximum Gasteiger partial charge on any atom is 0.203 e. The molecular formula is C8H8OS3. The van der Waals surface area contributed by atoms with Gasteiger partial charge >= 0.3 is 0 Å². The molecule has 0 spiro atoms. The van der Waals surface area contributed by atoms with Crippen molar-refractivity contribution in [3.63, 3.8) is 0 Å². The first-order chi connectivity index (χ1) is 5.72. The number of hydrogen-bond donors (Lipinski definition) is 2. The highest BCUT2D eigenvalue weighted by Gasteiger charge is 2.00. The molecule has 0 aliphatic carbocycles. The molecule has 12 heavy (non-hydrogen) atoms. The summed E-state index contributed by atoms with van der Waals surface area (Å²) >= 11 is 7.96. The molecule has 64 valence electrons. The minimum atomic E-state index is 0.0604. The summed E-state index contributed by atoms with van der Waals surface area (Å²) in [7, 11) is 0.960. The minimum absolute atomic E-state index is 0.0604. The van der Waals surface area contributed by atoms with E-state index in [1.54, 1.807) is 0 Å². The number of rotatable bonds is 2. The van der Waals surface area contributed by atoms with Gasteiger partial charge in [-0.3, -0.25) is 4.79 Å². The zero-order chi connectivity index (χ0) is 8.97. The molecule has 1 aromatic carbocycles. The van der Waals surface area contributed by atoms with Gasteiger partial charge < -0.3 is 0 Å². The fraction of sp³-hybridized carbons (Fsp3) is 0.125. The maximum absolute atomic E-state index is 10.9. The fourth-order valence-electron chi connectivity index (χ4n) is 0.813. The summed E-state index contributed by atoms with van der Waals surface area (Å²) in [6.45, 7) is 0. The summed E-state index contributed by atoms with van der Waals surface area (Å²) in [4.78, 5) is 11.8. The number of hydrogen-bond acceptors (Lipinski definition) is 4. The topological polar surface area (TPSA) is 17.1 Å². The largest absolute Gasteiger partial charge is 0.286 e. The lowest BCUT2D eigenvalue weighted by Crippen LogP contribution is -1.94. The molecule has 0 bridgehead atoms. The molecule has 0 N–H and O–H groups in total. The molecule has 1 rings (SSSR count). The first kappa shape index (κ1) is 10.0. The number of carbonyl (C=O) groups excluding carboxylic acids is 1. The molecule has 0 radical (unpaired) electrons. The van der Waals surface area contributed by atoms with E-state index >= 15 is 0 Å². The number of thiol groups is 2. The molecule has 0 unspecified atom stereocenters. The first-order valence-electron chi connectivity index (χ1n) is 3.34. The molecule has 0 fully saturated rings. The molecule has 1 nitrogen and oxygen atoms in total. The van der Waals surface area contributed by atoms with E-state index in [0.717, 1.165) is 21.3 Å². The molecule has 0 saturated carbocycles. The SMILES string of the molecule is O=C(Cc1ccc(S)cc1)SS. The molecule has 0 amide bonds. The van der Waals surface area contributed by atoms with Crippen LogP contribution in [0.1, 0.15) is 5.56 Å². The van der Waals surface area contributed by atoms with Gasteiger partial charge in [0.25, 0.3) is 0 Å². The van der Waals surface area contributed by atoms with Crippen LogP contribution in [0, 0.1) is 0 Å². The van der Waals surface area contributed by atoms with Crippen LogP contribution in [0.2, 0.25) is 0 Å². The van der Waals surface area contributed by atoms with Crippen LogP contribution in [0.4, 0.5) is 0 Å². The second-order valence-electron chi connectivity index (χ2n) is 2.31. The minimum Gasteiger partial charge on any atom is -0.286 e. The standard InChI is InChI=1S/C8H8OS3/c9-8(12-11)5-6-1-3-7(10)4-2-6/h1-4,10-11H,5H2. The Kier molecular flexibility index (Phi) is 4.05. The summed E-state index contributed by atoms with van der Waals surface area (Å²) in [5, 5.41) is 0.0604. The van der Waals surface area contributed by atoms with Gasteiger partial charge in [0, 0.05) is 11.3 Å². The summed E-state index contributed by atoms with van der Waals surface area (Å²) < 4.78 is 0. The van der Waals surface area contributed by atoms with Gasteiger partial charge in [-0.15, -0.1) is 24.3 Å². The third kappa shape index (κ3) is 3.13. The van der Waals surface area contributed by atoms with Gasteiger partial charge in [0.2, 0.25) is 5.12 Å². The van der Waals surface area contributed by atoms with Crippen molar-refractivity contribution < 1.29 is 4.79 Å². The van der Waals surface area contributed by atoms with Crippen molar-refractivity contribution in [2.45, 2.75) is 11.3 Å². The van der Waals surface area contributed by atoms with Gasteiger partial charge in [0.05, 0.1) is 0 Å². The zero-order valence-electron chi connectivity index (χ0n) is 6.23. The molecule has 0 aliphatic rings. The summed E-state index contributed by atoms with van der Waals surface area (Å²) in [5.41, 5.74) is 0.999. The molecular weight excluding hydrogens is 208 g/mol. The van der Waals surface area contributed by atoms with Gasteiger partial charge in [0.15, 0.2) is 0 Å². The molecule has 0 aromatic heterocycles. The predicted molar refractivity (Wildman–Crippen MR) is 59.0 cm³/mol. The highest BCUT2D eigenvalue weighted by atomic mass is 33.1. The Bertz CT molecular complexity index is 268. The van der Waals surface area contributed by atoms with Gasteiger partial charge in [-0.25, -0.2) is 0 Å². The Morgan fingerprint density at radius 1 is 1.33 bits per heavy atom. The van der Waals surface area contributed by atoms with Gasteiger partial charge in [-0.2, -0.15) is 0 Å². The van der Waals surface area contributed by atoms with E-state index in [9.17, 15) is 4.79 Å². The van der Waals surface area contributed by atoms with E-state index in [4.69, 9.17) is 0 Å². The van der Waals surface area contributed by atoms with Crippen molar-refractivity contribution in [2.75, 3.05) is 0 Å². The Morgan fingerprint density at radius 2 is 1.92 bits per heavy atom. The van der Waals surface area contributed by atoms with Crippen LogP contribution in [0.3, 0.4) is 0 Å². The lowest BCUT2D eigenvalue weighted by molar-refractivity contribution is -0.110. The van der Waals surface area contributed by atoms with E-state index in [1.165, 1.54) is 0 Å². The zero-order valence-corrected chi connectivity index (χ0v) is 8.83.